The van der Waals surface area contributed by atoms with E-state index in [1.54, 1.807) is 17.2 Å². The Morgan fingerprint density at radius 3 is 2.31 bits per heavy atom. The molecule has 3 rings (SSSR count). The lowest BCUT2D eigenvalue weighted by molar-refractivity contribution is -0.0434. The summed E-state index contributed by atoms with van der Waals surface area (Å²) in [5, 5.41) is 0. The fourth-order valence-electron chi connectivity index (χ4n) is 3.57. The summed E-state index contributed by atoms with van der Waals surface area (Å²) in [4.78, 5) is 31.8. The maximum absolute atomic E-state index is 12.1. The summed E-state index contributed by atoms with van der Waals surface area (Å²) in [7, 11) is 1.35. The molecule has 2 saturated heterocycles. The molecular formula is C19H27N3O4. The minimum atomic E-state index is -0.452. The number of hydrogen-bond donors (Lipinski definition) is 0. The van der Waals surface area contributed by atoms with Crippen molar-refractivity contribution in [3.05, 3.63) is 24.0 Å². The molecule has 2 fully saturated rings. The Bertz CT molecular complexity index is 665. The van der Waals surface area contributed by atoms with Gasteiger partial charge in [-0.05, 0) is 45.7 Å². The number of aromatic nitrogens is 1. The zero-order chi connectivity index (χ0) is 18.9. The monoisotopic (exact) mass is 361 g/mol. The molecule has 1 aromatic heterocycles. The van der Waals surface area contributed by atoms with E-state index in [0.29, 0.717) is 5.69 Å². The van der Waals surface area contributed by atoms with E-state index in [2.05, 4.69) is 14.6 Å². The van der Waals surface area contributed by atoms with E-state index in [0.717, 1.165) is 44.7 Å². The van der Waals surface area contributed by atoms with Crippen LogP contribution in [0.4, 0.5) is 10.5 Å². The summed E-state index contributed by atoms with van der Waals surface area (Å²) in [5.41, 5.74) is 1.09. The highest BCUT2D eigenvalue weighted by atomic mass is 16.6. The van der Waals surface area contributed by atoms with Crippen molar-refractivity contribution in [1.82, 2.24) is 9.88 Å². The SMILES string of the molecule is COC(=O)c1ccc(N2CCC3(CC2)CN(C(=O)OC(C)(C)C)C3)cn1. The average Bonchev–Trinajstić information content (AvgIpc) is 2.57. The van der Waals surface area contributed by atoms with E-state index in [9.17, 15) is 9.59 Å². The number of methoxy groups -OCH3 is 1. The Balaban J connectivity index is 1.51. The number of anilines is 1. The van der Waals surface area contributed by atoms with Crippen LogP contribution in [-0.4, -0.2) is 60.8 Å². The van der Waals surface area contributed by atoms with E-state index in [1.165, 1.54) is 7.11 Å². The van der Waals surface area contributed by atoms with Crippen LogP contribution in [0, 0.1) is 5.41 Å². The number of carbonyl (C=O) groups is 2. The summed E-state index contributed by atoms with van der Waals surface area (Å²) in [5.74, 6) is -0.425. The third-order valence-electron chi connectivity index (χ3n) is 5.04. The van der Waals surface area contributed by atoms with Gasteiger partial charge in [0.05, 0.1) is 19.0 Å². The Morgan fingerprint density at radius 2 is 1.81 bits per heavy atom. The molecule has 7 heteroatoms. The van der Waals surface area contributed by atoms with Crippen molar-refractivity contribution in [2.45, 2.75) is 39.2 Å². The first-order chi connectivity index (χ1) is 12.2. The van der Waals surface area contributed by atoms with Gasteiger partial charge in [-0.25, -0.2) is 14.6 Å². The lowest BCUT2D eigenvalue weighted by atomic mass is 9.72. The maximum Gasteiger partial charge on any atom is 0.410 e. The van der Waals surface area contributed by atoms with Crippen molar-refractivity contribution >= 4 is 17.7 Å². The van der Waals surface area contributed by atoms with Crippen molar-refractivity contribution in [2.75, 3.05) is 38.2 Å². The lowest BCUT2D eigenvalue weighted by Crippen LogP contribution is -2.62. The Labute approximate surface area is 154 Å². The summed E-state index contributed by atoms with van der Waals surface area (Å²) in [6.07, 6.45) is 3.57. The van der Waals surface area contributed by atoms with E-state index in [-0.39, 0.29) is 11.5 Å². The molecule has 3 heterocycles. The van der Waals surface area contributed by atoms with Crippen LogP contribution in [0.25, 0.3) is 0 Å². The zero-order valence-corrected chi connectivity index (χ0v) is 15.9. The standard InChI is InChI=1S/C19H27N3O4/c1-18(2,3)26-17(24)22-12-19(13-22)7-9-21(10-8-19)14-5-6-15(20-11-14)16(23)25-4/h5-6,11H,7-10,12-13H2,1-4H3. The first kappa shape index (κ1) is 18.5. The molecule has 0 radical (unpaired) electrons. The van der Waals surface area contributed by atoms with Gasteiger partial charge < -0.3 is 19.3 Å². The third-order valence-corrected chi connectivity index (χ3v) is 5.04. The number of esters is 1. The van der Waals surface area contributed by atoms with Gasteiger partial charge in [0.2, 0.25) is 0 Å². The lowest BCUT2D eigenvalue weighted by Gasteiger charge is -2.53. The highest BCUT2D eigenvalue weighted by molar-refractivity contribution is 5.87. The second-order valence-corrected chi connectivity index (χ2v) is 8.22. The number of nitrogens with zero attached hydrogens (tertiary/aromatic N) is 3. The van der Waals surface area contributed by atoms with Crippen molar-refractivity contribution in [3.63, 3.8) is 0 Å². The van der Waals surface area contributed by atoms with Crippen LogP contribution < -0.4 is 4.90 Å². The number of pyridine rings is 1. The molecule has 26 heavy (non-hydrogen) atoms. The summed E-state index contributed by atoms with van der Waals surface area (Å²) >= 11 is 0. The summed E-state index contributed by atoms with van der Waals surface area (Å²) < 4.78 is 10.1. The molecule has 1 amide bonds. The smallest absolute Gasteiger partial charge is 0.410 e. The molecule has 2 aliphatic heterocycles. The van der Waals surface area contributed by atoms with Crippen LogP contribution in [0.5, 0.6) is 0 Å². The quantitative estimate of drug-likeness (QED) is 0.754. The maximum atomic E-state index is 12.1. The summed E-state index contributed by atoms with van der Waals surface area (Å²) in [6.45, 7) is 9.04. The summed E-state index contributed by atoms with van der Waals surface area (Å²) in [6, 6.07) is 3.60. The molecule has 142 valence electrons. The van der Waals surface area contributed by atoms with Gasteiger partial charge in [0.25, 0.3) is 0 Å². The molecule has 2 aliphatic rings. The minimum absolute atomic E-state index is 0.215. The third kappa shape index (κ3) is 3.92. The van der Waals surface area contributed by atoms with Crippen LogP contribution in [0.3, 0.4) is 0 Å². The fourth-order valence-corrected chi connectivity index (χ4v) is 3.57. The Kier molecular flexibility index (Phi) is 4.82. The molecule has 0 unspecified atom stereocenters. The second-order valence-electron chi connectivity index (χ2n) is 8.22. The topological polar surface area (TPSA) is 72.0 Å². The number of hydrogen-bond acceptors (Lipinski definition) is 6. The van der Waals surface area contributed by atoms with Gasteiger partial charge >= 0.3 is 12.1 Å². The number of ether oxygens (including phenoxy) is 2. The first-order valence-electron chi connectivity index (χ1n) is 8.99. The fraction of sp³-hybridized carbons (Fsp3) is 0.632. The van der Waals surface area contributed by atoms with Gasteiger partial charge in [0.1, 0.15) is 11.3 Å². The number of amides is 1. The molecule has 0 aliphatic carbocycles. The Hall–Kier alpha value is -2.31. The molecule has 0 bridgehead atoms. The average molecular weight is 361 g/mol. The van der Waals surface area contributed by atoms with Crippen molar-refractivity contribution in [3.8, 4) is 0 Å². The van der Waals surface area contributed by atoms with Gasteiger partial charge in [-0.2, -0.15) is 0 Å². The predicted molar refractivity (Wildman–Crippen MR) is 97.3 cm³/mol. The number of carbonyl (C=O) groups excluding carboxylic acids is 2. The van der Waals surface area contributed by atoms with Crippen LogP contribution in [0.2, 0.25) is 0 Å². The molecule has 0 saturated carbocycles. The van der Waals surface area contributed by atoms with Gasteiger partial charge in [0.15, 0.2) is 0 Å². The molecular weight excluding hydrogens is 334 g/mol. The molecule has 1 spiro atoms. The van der Waals surface area contributed by atoms with E-state index < -0.39 is 11.6 Å². The van der Waals surface area contributed by atoms with E-state index >= 15 is 0 Å². The normalized spacial score (nSPS) is 19.1. The van der Waals surface area contributed by atoms with E-state index in [4.69, 9.17) is 4.74 Å². The molecule has 7 nitrogen and oxygen atoms in total. The largest absolute Gasteiger partial charge is 0.464 e. The number of rotatable bonds is 2. The van der Waals surface area contributed by atoms with Crippen LogP contribution >= 0.6 is 0 Å². The van der Waals surface area contributed by atoms with E-state index in [1.807, 2.05) is 26.8 Å². The zero-order valence-electron chi connectivity index (χ0n) is 15.9. The van der Waals surface area contributed by atoms with Gasteiger partial charge in [-0.1, -0.05) is 0 Å². The number of piperidine rings is 1. The van der Waals surface area contributed by atoms with Crippen LogP contribution in [0.15, 0.2) is 18.3 Å². The molecule has 0 aromatic carbocycles. The van der Waals surface area contributed by atoms with Gasteiger partial charge in [0, 0.05) is 31.6 Å². The van der Waals surface area contributed by atoms with Crippen molar-refractivity contribution in [2.24, 2.45) is 5.41 Å². The second kappa shape index (κ2) is 6.78. The van der Waals surface area contributed by atoms with Crippen molar-refractivity contribution in [1.29, 1.82) is 0 Å². The van der Waals surface area contributed by atoms with Crippen molar-refractivity contribution < 1.29 is 19.1 Å². The van der Waals surface area contributed by atoms with Crippen LogP contribution in [-0.2, 0) is 9.47 Å². The highest BCUT2D eigenvalue weighted by Crippen LogP contribution is 2.41. The van der Waals surface area contributed by atoms with Gasteiger partial charge in [-0.15, -0.1) is 0 Å². The molecule has 0 atom stereocenters. The molecule has 0 N–H and O–H groups in total. The first-order valence-corrected chi connectivity index (χ1v) is 8.99. The van der Waals surface area contributed by atoms with Gasteiger partial charge in [-0.3, -0.25) is 0 Å². The van der Waals surface area contributed by atoms with Crippen LogP contribution in [0.1, 0.15) is 44.1 Å². The predicted octanol–water partition coefficient (Wildman–Crippen LogP) is 2.71. The Morgan fingerprint density at radius 1 is 1.15 bits per heavy atom. The highest BCUT2D eigenvalue weighted by Gasteiger charge is 2.47. The molecule has 1 aromatic rings. The minimum Gasteiger partial charge on any atom is -0.464 e. The number of likely N-dealkylation sites (tertiary alicyclic amines) is 1.